The molecule has 0 amide bonds. The van der Waals surface area contributed by atoms with Gasteiger partial charge in [-0.2, -0.15) is 13.9 Å². The van der Waals surface area contributed by atoms with Gasteiger partial charge >= 0.3 is 6.61 Å². The molecule has 0 radical (unpaired) electrons. The third-order valence-electron chi connectivity index (χ3n) is 3.86. The van der Waals surface area contributed by atoms with Gasteiger partial charge in [-0.1, -0.05) is 23.4 Å². The fraction of sp³-hybridized carbons (Fsp3) is 0.263. The summed E-state index contributed by atoms with van der Waals surface area (Å²) in [5.41, 5.74) is 2.72. The zero-order valence-corrected chi connectivity index (χ0v) is 16.3. The van der Waals surface area contributed by atoms with Crippen molar-refractivity contribution in [3.8, 4) is 11.6 Å². The van der Waals surface area contributed by atoms with Crippen LogP contribution in [0, 0.1) is 20.8 Å². The maximum absolute atomic E-state index is 12.6. The molecule has 2 aromatic heterocycles. The topological polar surface area (TPSA) is 69.9 Å². The number of aromatic nitrogens is 4. The van der Waals surface area contributed by atoms with Crippen LogP contribution in [-0.4, -0.2) is 38.1 Å². The minimum Gasteiger partial charge on any atom is -0.434 e. The Morgan fingerprint density at radius 3 is 2.54 bits per heavy atom. The second-order valence-corrected chi connectivity index (χ2v) is 7.15. The molecule has 1 aromatic carbocycles. The van der Waals surface area contributed by atoms with Crippen molar-refractivity contribution in [2.75, 3.05) is 5.75 Å². The second-order valence-electron chi connectivity index (χ2n) is 6.16. The lowest BCUT2D eigenvalue weighted by atomic mass is 10.1. The molecule has 2 heterocycles. The Hall–Kier alpha value is -2.81. The first-order valence-corrected chi connectivity index (χ1v) is 9.41. The number of Topliss-reactive ketones (excluding diaryl/α,β-unsaturated/α-hetero) is 1. The number of hydrogen-bond acceptors (Lipinski definition) is 6. The molecule has 9 heteroatoms. The molecule has 0 saturated carbocycles. The van der Waals surface area contributed by atoms with E-state index in [0.29, 0.717) is 10.8 Å². The van der Waals surface area contributed by atoms with Crippen LogP contribution in [0.25, 0.3) is 5.82 Å². The van der Waals surface area contributed by atoms with Gasteiger partial charge in [-0.15, -0.1) is 10.2 Å². The summed E-state index contributed by atoms with van der Waals surface area (Å²) in [6.07, 6.45) is 0. The molecule has 0 aliphatic rings. The zero-order valence-electron chi connectivity index (χ0n) is 15.5. The van der Waals surface area contributed by atoms with Gasteiger partial charge in [0.2, 0.25) is 0 Å². The molecule has 0 bridgehead atoms. The minimum absolute atomic E-state index is 0.0248. The number of thioether (sulfide) groups is 1. The highest BCUT2D eigenvalue weighted by Gasteiger charge is 2.17. The van der Waals surface area contributed by atoms with Crippen molar-refractivity contribution in [1.29, 1.82) is 0 Å². The number of benzene rings is 1. The molecule has 0 atom stereocenters. The lowest BCUT2D eigenvalue weighted by Gasteiger charge is -2.10. The summed E-state index contributed by atoms with van der Waals surface area (Å²) >= 11 is 1.17. The molecule has 28 heavy (non-hydrogen) atoms. The quantitative estimate of drug-likeness (QED) is 0.435. The Morgan fingerprint density at radius 2 is 1.93 bits per heavy atom. The van der Waals surface area contributed by atoms with Crippen molar-refractivity contribution >= 4 is 17.5 Å². The third-order valence-corrected chi connectivity index (χ3v) is 4.78. The summed E-state index contributed by atoms with van der Waals surface area (Å²) in [7, 11) is 0. The number of aryl methyl sites for hydroxylation is 3. The maximum Gasteiger partial charge on any atom is 0.387 e. The van der Waals surface area contributed by atoms with Crippen molar-refractivity contribution in [3.63, 3.8) is 0 Å². The smallest absolute Gasteiger partial charge is 0.387 e. The summed E-state index contributed by atoms with van der Waals surface area (Å²) in [6, 6.07) is 9.97. The van der Waals surface area contributed by atoms with Crippen molar-refractivity contribution < 1.29 is 18.3 Å². The normalized spacial score (nSPS) is 11.1. The summed E-state index contributed by atoms with van der Waals surface area (Å²) in [5.74, 6) is 0.148. The Kier molecular flexibility index (Phi) is 6.03. The van der Waals surface area contributed by atoms with Gasteiger partial charge in [-0.05, 0) is 51.1 Å². The van der Waals surface area contributed by atoms with Crippen molar-refractivity contribution in [2.24, 2.45) is 0 Å². The number of halogens is 2. The highest BCUT2D eigenvalue weighted by molar-refractivity contribution is 7.99. The van der Waals surface area contributed by atoms with Crippen LogP contribution in [0.2, 0.25) is 0 Å². The summed E-state index contributed by atoms with van der Waals surface area (Å²) < 4.78 is 31.3. The summed E-state index contributed by atoms with van der Waals surface area (Å²) in [5, 5.41) is 13.1. The zero-order chi connectivity index (χ0) is 20.3. The van der Waals surface area contributed by atoms with E-state index in [2.05, 4.69) is 20.0 Å². The molecular weight excluding hydrogens is 386 g/mol. The largest absolute Gasteiger partial charge is 0.434 e. The highest BCUT2D eigenvalue weighted by Crippen LogP contribution is 2.25. The molecule has 3 rings (SSSR count). The predicted molar refractivity (Wildman–Crippen MR) is 101 cm³/mol. The van der Waals surface area contributed by atoms with E-state index in [9.17, 15) is 13.6 Å². The fourth-order valence-corrected chi connectivity index (χ4v) is 3.34. The van der Waals surface area contributed by atoms with Crippen LogP contribution >= 0.6 is 11.8 Å². The maximum atomic E-state index is 12.6. The van der Waals surface area contributed by atoms with Crippen LogP contribution in [-0.2, 0) is 0 Å². The van der Waals surface area contributed by atoms with Crippen molar-refractivity contribution in [1.82, 2.24) is 20.0 Å². The fourth-order valence-electron chi connectivity index (χ4n) is 2.64. The van der Waals surface area contributed by atoms with Crippen molar-refractivity contribution in [2.45, 2.75) is 32.4 Å². The first-order valence-electron chi connectivity index (χ1n) is 8.42. The van der Waals surface area contributed by atoms with E-state index >= 15 is 0 Å². The van der Waals surface area contributed by atoms with Crippen molar-refractivity contribution in [3.05, 3.63) is 58.9 Å². The van der Waals surface area contributed by atoms with Gasteiger partial charge in [-0.25, -0.2) is 4.68 Å². The van der Waals surface area contributed by atoms with Gasteiger partial charge in [-0.3, -0.25) is 4.79 Å². The number of alkyl halides is 2. The van der Waals surface area contributed by atoms with Crippen LogP contribution in [0.1, 0.15) is 27.3 Å². The van der Waals surface area contributed by atoms with Gasteiger partial charge in [0.05, 0.1) is 17.0 Å². The van der Waals surface area contributed by atoms with E-state index in [1.807, 2.05) is 19.9 Å². The van der Waals surface area contributed by atoms with E-state index in [1.54, 1.807) is 29.8 Å². The number of hydrogen-bond donors (Lipinski definition) is 0. The van der Waals surface area contributed by atoms with E-state index in [4.69, 9.17) is 0 Å². The Balaban J connectivity index is 1.70. The molecule has 0 aliphatic heterocycles. The average Bonchev–Trinajstić information content (AvgIpc) is 2.99. The van der Waals surface area contributed by atoms with Gasteiger partial charge in [0.15, 0.2) is 11.6 Å². The lowest BCUT2D eigenvalue weighted by Crippen LogP contribution is -2.10. The molecule has 0 aliphatic carbocycles. The average molecular weight is 404 g/mol. The molecule has 0 saturated heterocycles. The monoisotopic (exact) mass is 404 g/mol. The van der Waals surface area contributed by atoms with Crippen LogP contribution in [0.15, 0.2) is 41.4 Å². The molecule has 6 nitrogen and oxygen atoms in total. The second kappa shape index (κ2) is 8.47. The predicted octanol–water partition coefficient (Wildman–Crippen LogP) is 4.16. The van der Waals surface area contributed by atoms with Gasteiger partial charge in [0.1, 0.15) is 10.8 Å². The van der Waals surface area contributed by atoms with Gasteiger partial charge in [0, 0.05) is 5.69 Å². The Bertz CT molecular complexity index is 990. The molecule has 3 aromatic rings. The first kappa shape index (κ1) is 19.9. The number of nitrogens with zero attached hydrogens (tertiary/aromatic N) is 4. The first-order chi connectivity index (χ1) is 13.3. The molecule has 0 fully saturated rings. The minimum atomic E-state index is -2.99. The number of carbonyl (C=O) groups excluding carboxylic acids is 1. The SMILES string of the molecule is Cc1ccc(OC(F)F)c(C(=O)CSc2ccc(-n3nc(C)cc3C)nn2)c1. The van der Waals surface area contributed by atoms with Gasteiger partial charge < -0.3 is 4.74 Å². The van der Waals surface area contributed by atoms with Gasteiger partial charge in [0.25, 0.3) is 0 Å². The summed E-state index contributed by atoms with van der Waals surface area (Å²) in [4.78, 5) is 12.5. The highest BCUT2D eigenvalue weighted by atomic mass is 32.2. The lowest BCUT2D eigenvalue weighted by molar-refractivity contribution is -0.0501. The molecular formula is C19H18F2N4O2S. The molecule has 146 valence electrons. The van der Waals surface area contributed by atoms with Crippen LogP contribution in [0.5, 0.6) is 5.75 Å². The van der Waals surface area contributed by atoms with E-state index in [-0.39, 0.29) is 22.8 Å². The number of rotatable bonds is 7. The Labute approximate surface area is 164 Å². The third kappa shape index (κ3) is 4.72. The van der Waals surface area contributed by atoms with Crippen LogP contribution in [0.3, 0.4) is 0 Å². The standard InChI is InChI=1S/C19H18F2N4O2S/c1-11-4-5-16(27-19(20)21)14(8-11)15(26)10-28-18-7-6-17(22-23-18)25-13(3)9-12(2)24-25/h4-9,19H,10H2,1-3H3. The number of carbonyl (C=O) groups is 1. The van der Waals surface area contributed by atoms with Crippen LogP contribution in [0.4, 0.5) is 8.78 Å². The summed E-state index contributed by atoms with van der Waals surface area (Å²) in [6.45, 7) is 2.60. The van der Waals surface area contributed by atoms with E-state index < -0.39 is 6.61 Å². The molecule has 0 spiro atoms. The van der Waals surface area contributed by atoms with Crippen LogP contribution < -0.4 is 4.74 Å². The molecule has 0 N–H and O–H groups in total. The Morgan fingerprint density at radius 1 is 1.14 bits per heavy atom. The van der Waals surface area contributed by atoms with E-state index in [0.717, 1.165) is 17.0 Å². The van der Waals surface area contributed by atoms with E-state index in [1.165, 1.54) is 23.9 Å². The molecule has 0 unspecified atom stereocenters. The number of ether oxygens (including phenoxy) is 1. The number of ketones is 1.